The largest absolute Gasteiger partial charge is 0.468 e. The molecule has 0 bridgehead atoms. The number of aromatic nitrogens is 2. The van der Waals surface area contributed by atoms with Gasteiger partial charge >= 0.3 is 6.18 Å². The second-order valence-electron chi connectivity index (χ2n) is 4.80. The second kappa shape index (κ2) is 9.65. The van der Waals surface area contributed by atoms with Crippen molar-refractivity contribution in [1.82, 2.24) is 15.5 Å². The highest BCUT2D eigenvalue weighted by atomic mass is 19.4. The molecular formula is C16H20F3N3O3. The van der Waals surface area contributed by atoms with Gasteiger partial charge in [-0.05, 0) is 18.6 Å². The second-order valence-corrected chi connectivity index (χ2v) is 4.80. The molecule has 6 nitrogen and oxygen atoms in total. The molecule has 0 fully saturated rings. The van der Waals surface area contributed by atoms with E-state index in [2.05, 4.69) is 20.2 Å². The number of pyridine rings is 1. The molecule has 0 aliphatic carbocycles. The van der Waals surface area contributed by atoms with Crippen LogP contribution in [0.1, 0.15) is 30.7 Å². The smallest absolute Gasteiger partial charge is 0.422 e. The van der Waals surface area contributed by atoms with Gasteiger partial charge in [0.05, 0.1) is 12.1 Å². The Hall–Kier alpha value is -2.58. The van der Waals surface area contributed by atoms with Crippen LogP contribution in [0.3, 0.4) is 0 Å². The summed E-state index contributed by atoms with van der Waals surface area (Å²) in [6.45, 7) is 4.49. The number of hydrogen-bond acceptors (Lipinski definition) is 5. The first-order valence-corrected chi connectivity index (χ1v) is 7.64. The van der Waals surface area contributed by atoms with E-state index in [1.807, 2.05) is 13.8 Å². The van der Waals surface area contributed by atoms with Crippen LogP contribution in [0.15, 0.2) is 29.1 Å². The summed E-state index contributed by atoms with van der Waals surface area (Å²) in [5.41, 5.74) is 1.88. The molecule has 0 spiro atoms. The molecule has 0 saturated carbocycles. The van der Waals surface area contributed by atoms with E-state index in [9.17, 15) is 18.0 Å². The molecule has 1 N–H and O–H groups in total. The zero-order valence-corrected chi connectivity index (χ0v) is 14.2. The maximum absolute atomic E-state index is 12.1. The van der Waals surface area contributed by atoms with Crippen LogP contribution in [-0.4, -0.2) is 28.8 Å². The number of carbonyl (C=O) groups is 1. The molecule has 0 radical (unpaired) electrons. The third kappa shape index (κ3) is 7.69. The quantitative estimate of drug-likeness (QED) is 0.857. The molecule has 0 aliphatic heterocycles. The highest BCUT2D eigenvalue weighted by molar-refractivity contribution is 5.78. The Morgan fingerprint density at radius 3 is 2.68 bits per heavy atom. The average Bonchev–Trinajstić information content (AvgIpc) is 2.98. The van der Waals surface area contributed by atoms with Crippen molar-refractivity contribution in [3.05, 3.63) is 41.4 Å². The highest BCUT2D eigenvalue weighted by Crippen LogP contribution is 2.17. The minimum atomic E-state index is -4.43. The number of hydrogen-bond donors (Lipinski definition) is 1. The van der Waals surface area contributed by atoms with Gasteiger partial charge in [-0.15, -0.1) is 0 Å². The van der Waals surface area contributed by atoms with Gasteiger partial charge in [-0.25, -0.2) is 4.98 Å². The van der Waals surface area contributed by atoms with Gasteiger partial charge in [0.2, 0.25) is 11.8 Å². The van der Waals surface area contributed by atoms with Gasteiger partial charge in [-0.1, -0.05) is 19.0 Å². The molecule has 2 aromatic rings. The van der Waals surface area contributed by atoms with E-state index in [4.69, 9.17) is 4.52 Å². The number of halogens is 3. The lowest BCUT2D eigenvalue weighted by atomic mass is 10.2. The fourth-order valence-electron chi connectivity index (χ4n) is 1.69. The summed E-state index contributed by atoms with van der Waals surface area (Å²) in [7, 11) is 0. The standard InChI is InChI=1S/C14H14F3N3O3.C2H6/c1-9-7-23-20-11(9)5-12(21)19-6-10-2-3-18-13(4-10)22-8-14(15,16)17;1-2/h2-4,7H,5-6,8H2,1H3,(H,19,21);1-2H3. The lowest BCUT2D eigenvalue weighted by Crippen LogP contribution is -2.25. The van der Waals surface area contributed by atoms with Crippen molar-refractivity contribution in [3.63, 3.8) is 0 Å². The minimum Gasteiger partial charge on any atom is -0.468 e. The predicted octanol–water partition coefficient (Wildman–Crippen LogP) is 3.20. The first-order chi connectivity index (χ1) is 11.8. The van der Waals surface area contributed by atoms with Crippen LogP contribution in [0.25, 0.3) is 0 Å². The number of aryl methyl sites for hydroxylation is 1. The van der Waals surface area contributed by atoms with E-state index < -0.39 is 12.8 Å². The van der Waals surface area contributed by atoms with Gasteiger partial charge < -0.3 is 14.6 Å². The third-order valence-corrected chi connectivity index (χ3v) is 2.85. The zero-order chi connectivity index (χ0) is 18.9. The normalized spacial score (nSPS) is 10.6. The number of rotatable bonds is 6. The molecule has 0 unspecified atom stereocenters. The van der Waals surface area contributed by atoms with Gasteiger partial charge in [-0.2, -0.15) is 13.2 Å². The predicted molar refractivity (Wildman–Crippen MR) is 83.9 cm³/mol. The Labute approximate surface area is 143 Å². The minimum absolute atomic E-state index is 0.0604. The Balaban J connectivity index is 0.00000151. The molecular weight excluding hydrogens is 339 g/mol. The lowest BCUT2D eigenvalue weighted by molar-refractivity contribution is -0.154. The lowest BCUT2D eigenvalue weighted by Gasteiger charge is -2.09. The first-order valence-electron chi connectivity index (χ1n) is 7.64. The Kier molecular flexibility index (Phi) is 7.90. The summed E-state index contributed by atoms with van der Waals surface area (Å²) in [5, 5.41) is 6.34. The van der Waals surface area contributed by atoms with E-state index in [-0.39, 0.29) is 24.8 Å². The van der Waals surface area contributed by atoms with Gasteiger partial charge in [0.1, 0.15) is 6.26 Å². The summed E-state index contributed by atoms with van der Waals surface area (Å²) >= 11 is 0. The van der Waals surface area contributed by atoms with Crippen molar-refractivity contribution >= 4 is 5.91 Å². The van der Waals surface area contributed by atoms with Crippen molar-refractivity contribution < 1.29 is 27.2 Å². The molecule has 0 saturated heterocycles. The summed E-state index contributed by atoms with van der Waals surface area (Å²) in [6, 6.07) is 2.91. The topological polar surface area (TPSA) is 77.3 Å². The van der Waals surface area contributed by atoms with Crippen molar-refractivity contribution in [3.8, 4) is 5.88 Å². The molecule has 0 atom stereocenters. The molecule has 138 valence electrons. The van der Waals surface area contributed by atoms with Gasteiger partial charge in [-0.3, -0.25) is 4.79 Å². The van der Waals surface area contributed by atoms with Crippen molar-refractivity contribution in [1.29, 1.82) is 0 Å². The van der Waals surface area contributed by atoms with Crippen molar-refractivity contribution in [2.75, 3.05) is 6.61 Å². The van der Waals surface area contributed by atoms with E-state index in [1.165, 1.54) is 18.5 Å². The average molecular weight is 359 g/mol. The van der Waals surface area contributed by atoms with E-state index in [0.29, 0.717) is 11.3 Å². The molecule has 25 heavy (non-hydrogen) atoms. The van der Waals surface area contributed by atoms with Crippen LogP contribution in [0.2, 0.25) is 0 Å². The van der Waals surface area contributed by atoms with Crippen molar-refractivity contribution in [2.45, 2.75) is 39.9 Å². The fraction of sp³-hybridized carbons (Fsp3) is 0.438. The summed E-state index contributed by atoms with van der Waals surface area (Å²) in [6.07, 6.45) is -1.61. The van der Waals surface area contributed by atoms with Crippen LogP contribution in [0.5, 0.6) is 5.88 Å². The summed E-state index contributed by atoms with van der Waals surface area (Å²) in [4.78, 5) is 15.5. The fourth-order valence-corrected chi connectivity index (χ4v) is 1.69. The van der Waals surface area contributed by atoms with Crippen LogP contribution < -0.4 is 10.1 Å². The number of ether oxygens (including phenoxy) is 1. The SMILES string of the molecule is CC.Cc1conc1CC(=O)NCc1ccnc(OCC(F)(F)F)c1. The number of carbonyl (C=O) groups excluding carboxylic acids is 1. The maximum atomic E-state index is 12.1. The van der Waals surface area contributed by atoms with E-state index in [0.717, 1.165) is 5.56 Å². The molecule has 1 amide bonds. The van der Waals surface area contributed by atoms with Crippen LogP contribution in [-0.2, 0) is 17.8 Å². The first kappa shape index (κ1) is 20.5. The molecule has 2 heterocycles. The summed E-state index contributed by atoms with van der Waals surface area (Å²) < 4.78 is 45.5. The van der Waals surface area contributed by atoms with Crippen LogP contribution in [0.4, 0.5) is 13.2 Å². The van der Waals surface area contributed by atoms with Gasteiger partial charge in [0, 0.05) is 24.4 Å². The van der Waals surface area contributed by atoms with E-state index in [1.54, 1.807) is 13.0 Å². The molecule has 2 aromatic heterocycles. The zero-order valence-electron chi connectivity index (χ0n) is 14.2. The van der Waals surface area contributed by atoms with Crippen molar-refractivity contribution in [2.24, 2.45) is 0 Å². The molecule has 0 aromatic carbocycles. The van der Waals surface area contributed by atoms with E-state index >= 15 is 0 Å². The number of nitrogens with zero attached hydrogens (tertiary/aromatic N) is 2. The highest BCUT2D eigenvalue weighted by Gasteiger charge is 2.28. The van der Waals surface area contributed by atoms with Crippen LogP contribution in [0, 0.1) is 6.92 Å². The molecule has 2 rings (SSSR count). The maximum Gasteiger partial charge on any atom is 0.422 e. The monoisotopic (exact) mass is 359 g/mol. The van der Waals surface area contributed by atoms with Crippen LogP contribution >= 0.6 is 0 Å². The Morgan fingerprint density at radius 2 is 2.08 bits per heavy atom. The number of alkyl halides is 3. The molecule has 0 aliphatic rings. The number of amides is 1. The van der Waals surface area contributed by atoms with Gasteiger partial charge in [0.25, 0.3) is 0 Å². The number of nitrogens with one attached hydrogen (secondary N) is 1. The summed E-state index contributed by atoms with van der Waals surface area (Å²) in [5.74, 6) is -0.432. The molecule has 9 heteroatoms. The Morgan fingerprint density at radius 1 is 1.36 bits per heavy atom. The Bertz CT molecular complexity index is 672. The third-order valence-electron chi connectivity index (χ3n) is 2.85. The van der Waals surface area contributed by atoms with Gasteiger partial charge in [0.15, 0.2) is 6.61 Å².